The van der Waals surface area contributed by atoms with Gasteiger partial charge in [-0.15, -0.1) is 0 Å². The van der Waals surface area contributed by atoms with Gasteiger partial charge in [0.1, 0.15) is 5.82 Å². The van der Waals surface area contributed by atoms with Crippen molar-refractivity contribution in [3.63, 3.8) is 0 Å². The molecule has 0 aliphatic rings. The monoisotopic (exact) mass is 282 g/mol. The highest BCUT2D eigenvalue weighted by Gasteiger charge is 2.20. The second-order valence-corrected chi connectivity index (χ2v) is 4.29. The number of hydrogen-bond acceptors (Lipinski definition) is 4. The fourth-order valence-electron chi connectivity index (χ4n) is 1.90. The standard InChI is InChI=1S/C12H12F2N4O2/c1-7(11-3-4-15-17(11)2)16-10-6-12(18(19)20)9(14)5-8(10)13/h3-7,16H,1-2H3. The number of nitrogens with zero attached hydrogens (tertiary/aromatic N) is 3. The lowest BCUT2D eigenvalue weighted by molar-refractivity contribution is -0.387. The first-order chi connectivity index (χ1) is 9.40. The average Bonchev–Trinajstić information content (AvgIpc) is 2.78. The molecule has 1 heterocycles. The minimum Gasteiger partial charge on any atom is -0.374 e. The summed E-state index contributed by atoms with van der Waals surface area (Å²) in [5.74, 6) is -2.09. The van der Waals surface area contributed by atoms with Crippen LogP contribution < -0.4 is 5.32 Å². The first-order valence-electron chi connectivity index (χ1n) is 5.78. The lowest BCUT2D eigenvalue weighted by Crippen LogP contribution is -2.12. The van der Waals surface area contributed by atoms with Gasteiger partial charge in [-0.2, -0.15) is 9.49 Å². The molecule has 2 rings (SSSR count). The molecular formula is C12H12F2N4O2. The summed E-state index contributed by atoms with van der Waals surface area (Å²) in [7, 11) is 1.72. The molecule has 0 amide bonds. The Bertz CT molecular complexity index is 657. The van der Waals surface area contributed by atoms with Gasteiger partial charge in [0, 0.05) is 25.4 Å². The van der Waals surface area contributed by atoms with Gasteiger partial charge in [0.25, 0.3) is 0 Å². The van der Waals surface area contributed by atoms with Crippen LogP contribution >= 0.6 is 0 Å². The van der Waals surface area contributed by atoms with Crippen LogP contribution in [-0.4, -0.2) is 14.7 Å². The van der Waals surface area contributed by atoms with E-state index in [2.05, 4.69) is 10.4 Å². The first kappa shape index (κ1) is 13.9. The van der Waals surface area contributed by atoms with Crippen molar-refractivity contribution in [2.24, 2.45) is 7.05 Å². The van der Waals surface area contributed by atoms with E-state index in [-0.39, 0.29) is 11.7 Å². The smallest absolute Gasteiger partial charge is 0.307 e. The zero-order chi connectivity index (χ0) is 14.9. The molecule has 1 N–H and O–H groups in total. The van der Waals surface area contributed by atoms with Crippen molar-refractivity contribution in [1.29, 1.82) is 0 Å². The zero-order valence-corrected chi connectivity index (χ0v) is 10.8. The van der Waals surface area contributed by atoms with Crippen LogP contribution in [0, 0.1) is 21.7 Å². The maximum Gasteiger partial charge on any atom is 0.307 e. The molecular weight excluding hydrogens is 270 g/mol. The molecule has 0 aliphatic carbocycles. The highest BCUT2D eigenvalue weighted by molar-refractivity contribution is 5.54. The van der Waals surface area contributed by atoms with Gasteiger partial charge in [-0.05, 0) is 13.0 Å². The topological polar surface area (TPSA) is 73.0 Å². The van der Waals surface area contributed by atoms with Crippen molar-refractivity contribution in [2.45, 2.75) is 13.0 Å². The van der Waals surface area contributed by atoms with Gasteiger partial charge in [-0.25, -0.2) is 4.39 Å². The summed E-state index contributed by atoms with van der Waals surface area (Å²) in [6, 6.07) is 2.73. The lowest BCUT2D eigenvalue weighted by atomic mass is 10.2. The minimum atomic E-state index is -1.20. The normalized spacial score (nSPS) is 12.2. The Labute approximate surface area is 113 Å². The quantitative estimate of drug-likeness (QED) is 0.691. The molecule has 0 saturated heterocycles. The van der Waals surface area contributed by atoms with Crippen molar-refractivity contribution in [3.05, 3.63) is 51.8 Å². The maximum atomic E-state index is 13.6. The van der Waals surface area contributed by atoms with E-state index in [1.54, 1.807) is 30.9 Å². The molecule has 0 saturated carbocycles. The van der Waals surface area contributed by atoms with Gasteiger partial charge in [0.2, 0.25) is 5.82 Å². The van der Waals surface area contributed by atoms with Crippen LogP contribution in [0.4, 0.5) is 20.2 Å². The maximum absolute atomic E-state index is 13.6. The molecule has 106 valence electrons. The molecule has 1 atom stereocenters. The molecule has 1 aromatic carbocycles. The van der Waals surface area contributed by atoms with Crippen LogP contribution in [0.2, 0.25) is 0 Å². The first-order valence-corrected chi connectivity index (χ1v) is 5.78. The number of aromatic nitrogens is 2. The van der Waals surface area contributed by atoms with E-state index >= 15 is 0 Å². The number of nitrogens with one attached hydrogen (secondary N) is 1. The summed E-state index contributed by atoms with van der Waals surface area (Å²) in [4.78, 5) is 9.76. The van der Waals surface area contributed by atoms with Gasteiger partial charge in [-0.1, -0.05) is 0 Å². The van der Waals surface area contributed by atoms with E-state index in [1.165, 1.54) is 0 Å². The molecule has 0 aliphatic heterocycles. The lowest BCUT2D eigenvalue weighted by Gasteiger charge is -2.16. The van der Waals surface area contributed by atoms with E-state index in [0.29, 0.717) is 6.07 Å². The Morgan fingerprint density at radius 1 is 1.40 bits per heavy atom. The second kappa shape index (κ2) is 5.24. The predicted molar refractivity (Wildman–Crippen MR) is 68.3 cm³/mol. The van der Waals surface area contributed by atoms with Crippen LogP contribution in [0.5, 0.6) is 0 Å². The molecule has 1 aromatic heterocycles. The Balaban J connectivity index is 2.32. The zero-order valence-electron chi connectivity index (χ0n) is 10.8. The van der Waals surface area contributed by atoms with Crippen molar-refractivity contribution in [3.8, 4) is 0 Å². The van der Waals surface area contributed by atoms with Crippen LogP contribution in [-0.2, 0) is 7.05 Å². The van der Waals surface area contributed by atoms with Crippen molar-refractivity contribution in [2.75, 3.05) is 5.32 Å². The van der Waals surface area contributed by atoms with E-state index in [4.69, 9.17) is 0 Å². The summed E-state index contributed by atoms with van der Waals surface area (Å²) < 4.78 is 28.5. The molecule has 8 heteroatoms. The Morgan fingerprint density at radius 2 is 2.10 bits per heavy atom. The van der Waals surface area contributed by atoms with Crippen molar-refractivity contribution >= 4 is 11.4 Å². The fraction of sp³-hybridized carbons (Fsp3) is 0.250. The highest BCUT2D eigenvalue weighted by atomic mass is 19.1. The van der Waals surface area contributed by atoms with Crippen LogP contribution in [0.15, 0.2) is 24.4 Å². The van der Waals surface area contributed by atoms with Crippen molar-refractivity contribution in [1.82, 2.24) is 9.78 Å². The van der Waals surface area contributed by atoms with Crippen molar-refractivity contribution < 1.29 is 13.7 Å². The molecule has 6 nitrogen and oxygen atoms in total. The van der Waals surface area contributed by atoms with E-state index in [0.717, 1.165) is 11.8 Å². The van der Waals surface area contributed by atoms with Crippen LogP contribution in [0.1, 0.15) is 18.7 Å². The number of nitro benzene ring substituents is 1. The Hall–Kier alpha value is -2.51. The highest BCUT2D eigenvalue weighted by Crippen LogP contribution is 2.27. The molecule has 1 unspecified atom stereocenters. The molecule has 0 radical (unpaired) electrons. The molecule has 0 spiro atoms. The summed E-state index contributed by atoms with van der Waals surface area (Å²) in [5.41, 5.74) is -0.144. The number of benzene rings is 1. The van der Waals surface area contributed by atoms with E-state index in [9.17, 15) is 18.9 Å². The number of nitro groups is 1. The van der Waals surface area contributed by atoms with Gasteiger partial charge in [-0.3, -0.25) is 14.8 Å². The SMILES string of the molecule is CC(Nc1cc([N+](=O)[O-])c(F)cc1F)c1ccnn1C. The second-order valence-electron chi connectivity index (χ2n) is 4.29. The largest absolute Gasteiger partial charge is 0.374 e. The van der Waals surface area contributed by atoms with E-state index in [1.807, 2.05) is 0 Å². The average molecular weight is 282 g/mol. The number of anilines is 1. The van der Waals surface area contributed by atoms with Gasteiger partial charge < -0.3 is 5.32 Å². The van der Waals surface area contributed by atoms with Gasteiger partial charge in [0.15, 0.2) is 0 Å². The summed E-state index contributed by atoms with van der Waals surface area (Å²) in [5, 5.41) is 17.4. The number of hydrogen-bond donors (Lipinski definition) is 1. The third-order valence-corrected chi connectivity index (χ3v) is 2.91. The van der Waals surface area contributed by atoms with E-state index < -0.39 is 22.2 Å². The molecule has 20 heavy (non-hydrogen) atoms. The summed E-state index contributed by atoms with van der Waals surface area (Å²) >= 11 is 0. The van der Waals surface area contributed by atoms with Crippen LogP contribution in [0.25, 0.3) is 0 Å². The summed E-state index contributed by atoms with van der Waals surface area (Å²) in [6.07, 6.45) is 1.58. The molecule has 0 bridgehead atoms. The third-order valence-electron chi connectivity index (χ3n) is 2.91. The summed E-state index contributed by atoms with van der Waals surface area (Å²) in [6.45, 7) is 1.74. The number of rotatable bonds is 4. The Kier molecular flexibility index (Phi) is 3.64. The third kappa shape index (κ3) is 2.58. The predicted octanol–water partition coefficient (Wildman–Crippen LogP) is 2.78. The molecule has 0 fully saturated rings. The Morgan fingerprint density at radius 3 is 2.65 bits per heavy atom. The number of halogens is 2. The number of aryl methyl sites for hydroxylation is 1. The fourth-order valence-corrected chi connectivity index (χ4v) is 1.90. The minimum absolute atomic E-state index is 0.133. The molecule has 2 aromatic rings. The van der Waals surface area contributed by atoms with Gasteiger partial charge in [0.05, 0.1) is 22.3 Å². The van der Waals surface area contributed by atoms with Crippen LogP contribution in [0.3, 0.4) is 0 Å². The van der Waals surface area contributed by atoms with Gasteiger partial charge >= 0.3 is 5.69 Å².